The van der Waals surface area contributed by atoms with Crippen molar-refractivity contribution in [2.75, 3.05) is 0 Å². The second-order valence-corrected chi connectivity index (χ2v) is 3.94. The molecule has 0 heterocycles. The second kappa shape index (κ2) is 3.35. The molecule has 0 saturated heterocycles. The van der Waals surface area contributed by atoms with Gasteiger partial charge in [0, 0.05) is 11.6 Å². The number of hydrogen-bond acceptors (Lipinski definition) is 2. The molecule has 2 nitrogen and oxygen atoms in total. The average Bonchev–Trinajstić information content (AvgIpc) is 1.60. The van der Waals surface area contributed by atoms with Gasteiger partial charge in [0.2, 0.25) is 0 Å². The molecule has 0 rings (SSSR count). The van der Waals surface area contributed by atoms with Crippen molar-refractivity contribution in [3.63, 3.8) is 0 Å². The summed E-state index contributed by atoms with van der Waals surface area (Å²) in [5.74, 6) is 0.493. The quantitative estimate of drug-likeness (QED) is 0.623. The van der Waals surface area contributed by atoms with E-state index in [9.17, 15) is 0 Å². The van der Waals surface area contributed by atoms with Crippen molar-refractivity contribution in [2.45, 2.75) is 45.7 Å². The highest BCUT2D eigenvalue weighted by Crippen LogP contribution is 2.17. The van der Waals surface area contributed by atoms with Crippen LogP contribution in [0.25, 0.3) is 0 Å². The first-order chi connectivity index (χ1) is 4.34. The van der Waals surface area contributed by atoms with Gasteiger partial charge in [-0.05, 0) is 33.1 Å². The topological polar surface area (TPSA) is 52.0 Å². The Balaban J connectivity index is 3.73. The molecule has 0 aromatic carbocycles. The fraction of sp³-hybridized carbons (Fsp3) is 1.00. The van der Waals surface area contributed by atoms with Gasteiger partial charge in [-0.1, -0.05) is 6.92 Å². The lowest BCUT2D eigenvalue weighted by atomic mass is 9.86. The number of hydrogen-bond donors (Lipinski definition) is 2. The zero-order chi connectivity index (χ0) is 8.36. The van der Waals surface area contributed by atoms with Crippen molar-refractivity contribution in [3.8, 4) is 0 Å². The molecule has 0 aromatic heterocycles. The van der Waals surface area contributed by atoms with Crippen molar-refractivity contribution in [3.05, 3.63) is 0 Å². The van der Waals surface area contributed by atoms with Gasteiger partial charge in [-0.3, -0.25) is 0 Å². The molecule has 0 aliphatic heterocycles. The zero-order valence-electron chi connectivity index (χ0n) is 7.52. The van der Waals surface area contributed by atoms with Crippen LogP contribution in [-0.4, -0.2) is 11.6 Å². The minimum absolute atomic E-state index is 0.0897. The summed E-state index contributed by atoms with van der Waals surface area (Å²) in [6, 6.07) is 0.262. The van der Waals surface area contributed by atoms with E-state index in [4.69, 9.17) is 11.5 Å². The Kier molecular flexibility index (Phi) is 3.33. The molecule has 2 atom stereocenters. The standard InChI is InChI=1S/C8H20N2/c1-6(5-7(2)9)8(3,4)10/h6-7H,5,9-10H2,1-4H3. The molecule has 0 aliphatic rings. The third-order valence-electron chi connectivity index (χ3n) is 2.00. The largest absolute Gasteiger partial charge is 0.328 e. The second-order valence-electron chi connectivity index (χ2n) is 3.94. The van der Waals surface area contributed by atoms with Crippen LogP contribution in [0.15, 0.2) is 0 Å². The molecule has 2 unspecified atom stereocenters. The lowest BCUT2D eigenvalue weighted by Gasteiger charge is -2.28. The molecule has 0 aromatic rings. The van der Waals surface area contributed by atoms with Crippen molar-refractivity contribution in [1.29, 1.82) is 0 Å². The molecular formula is C8H20N2. The summed E-state index contributed by atoms with van der Waals surface area (Å²) in [4.78, 5) is 0. The van der Waals surface area contributed by atoms with E-state index in [0.29, 0.717) is 5.92 Å². The maximum absolute atomic E-state index is 5.87. The van der Waals surface area contributed by atoms with Crippen LogP contribution in [0.4, 0.5) is 0 Å². The van der Waals surface area contributed by atoms with Gasteiger partial charge >= 0.3 is 0 Å². The van der Waals surface area contributed by atoms with Gasteiger partial charge in [-0.15, -0.1) is 0 Å². The molecule has 0 aliphatic carbocycles. The molecule has 62 valence electrons. The Bertz CT molecular complexity index is 91.9. The van der Waals surface area contributed by atoms with E-state index >= 15 is 0 Å². The summed E-state index contributed by atoms with van der Waals surface area (Å²) < 4.78 is 0. The van der Waals surface area contributed by atoms with Crippen LogP contribution in [0.1, 0.15) is 34.1 Å². The van der Waals surface area contributed by atoms with E-state index in [0.717, 1.165) is 6.42 Å². The molecule has 0 fully saturated rings. The summed E-state index contributed by atoms with van der Waals surface area (Å²) in [6.45, 7) is 8.24. The molecule has 2 heteroatoms. The van der Waals surface area contributed by atoms with E-state index in [2.05, 4.69) is 6.92 Å². The molecule has 0 saturated carbocycles. The van der Waals surface area contributed by atoms with Gasteiger partial charge in [0.1, 0.15) is 0 Å². The van der Waals surface area contributed by atoms with Crippen LogP contribution in [0.5, 0.6) is 0 Å². The Morgan fingerprint density at radius 2 is 1.70 bits per heavy atom. The SMILES string of the molecule is CC(N)CC(C)C(C)(C)N. The fourth-order valence-electron chi connectivity index (χ4n) is 0.861. The maximum Gasteiger partial charge on any atom is 0.0123 e. The van der Waals surface area contributed by atoms with E-state index in [1.165, 1.54) is 0 Å². The molecule has 0 spiro atoms. The van der Waals surface area contributed by atoms with Crippen molar-refractivity contribution >= 4 is 0 Å². The predicted octanol–water partition coefficient (Wildman–Crippen LogP) is 1.10. The number of rotatable bonds is 3. The van der Waals surface area contributed by atoms with Crippen LogP contribution < -0.4 is 11.5 Å². The Morgan fingerprint density at radius 3 is 1.80 bits per heavy atom. The maximum atomic E-state index is 5.87. The Morgan fingerprint density at radius 1 is 1.30 bits per heavy atom. The van der Waals surface area contributed by atoms with Gasteiger partial charge in [-0.2, -0.15) is 0 Å². The number of nitrogens with two attached hydrogens (primary N) is 2. The van der Waals surface area contributed by atoms with Gasteiger partial charge in [0.05, 0.1) is 0 Å². The minimum Gasteiger partial charge on any atom is -0.328 e. The third kappa shape index (κ3) is 3.85. The average molecular weight is 144 g/mol. The van der Waals surface area contributed by atoms with Crippen LogP contribution in [0, 0.1) is 5.92 Å². The molecule has 0 amide bonds. The normalized spacial score (nSPS) is 18.6. The summed E-state index contributed by atoms with van der Waals surface area (Å²) in [5.41, 5.74) is 11.4. The summed E-state index contributed by atoms with van der Waals surface area (Å²) in [7, 11) is 0. The summed E-state index contributed by atoms with van der Waals surface area (Å²) in [6.07, 6.45) is 1.00. The highest BCUT2D eigenvalue weighted by atomic mass is 14.7. The van der Waals surface area contributed by atoms with Crippen LogP contribution >= 0.6 is 0 Å². The van der Waals surface area contributed by atoms with Crippen LogP contribution in [0.3, 0.4) is 0 Å². The molecule has 10 heavy (non-hydrogen) atoms. The fourth-order valence-corrected chi connectivity index (χ4v) is 0.861. The summed E-state index contributed by atoms with van der Waals surface area (Å²) >= 11 is 0. The van der Waals surface area contributed by atoms with Crippen molar-refractivity contribution < 1.29 is 0 Å². The first-order valence-corrected chi connectivity index (χ1v) is 3.88. The molecular weight excluding hydrogens is 124 g/mol. The lowest BCUT2D eigenvalue weighted by molar-refractivity contribution is 0.311. The van der Waals surface area contributed by atoms with E-state index in [-0.39, 0.29) is 11.6 Å². The monoisotopic (exact) mass is 144 g/mol. The third-order valence-corrected chi connectivity index (χ3v) is 2.00. The molecule has 0 radical (unpaired) electrons. The van der Waals surface area contributed by atoms with Crippen molar-refractivity contribution in [1.82, 2.24) is 0 Å². The highest BCUT2D eigenvalue weighted by molar-refractivity contribution is 4.80. The first kappa shape index (κ1) is 9.92. The molecule has 4 N–H and O–H groups in total. The highest BCUT2D eigenvalue weighted by Gasteiger charge is 2.20. The summed E-state index contributed by atoms with van der Waals surface area (Å²) in [5, 5.41) is 0. The van der Waals surface area contributed by atoms with Crippen LogP contribution in [-0.2, 0) is 0 Å². The zero-order valence-corrected chi connectivity index (χ0v) is 7.52. The predicted molar refractivity (Wildman–Crippen MR) is 45.7 cm³/mol. The van der Waals surface area contributed by atoms with E-state index in [1.807, 2.05) is 20.8 Å². The van der Waals surface area contributed by atoms with Gasteiger partial charge in [0.25, 0.3) is 0 Å². The lowest BCUT2D eigenvalue weighted by Crippen LogP contribution is -2.41. The van der Waals surface area contributed by atoms with Gasteiger partial charge < -0.3 is 11.5 Å². The van der Waals surface area contributed by atoms with E-state index < -0.39 is 0 Å². The smallest absolute Gasteiger partial charge is 0.0123 e. The van der Waals surface area contributed by atoms with E-state index in [1.54, 1.807) is 0 Å². The Labute approximate surface area is 64.0 Å². The van der Waals surface area contributed by atoms with Crippen molar-refractivity contribution in [2.24, 2.45) is 17.4 Å². The minimum atomic E-state index is -0.0897. The van der Waals surface area contributed by atoms with Crippen LogP contribution in [0.2, 0.25) is 0 Å². The van der Waals surface area contributed by atoms with Gasteiger partial charge in [0.15, 0.2) is 0 Å². The first-order valence-electron chi connectivity index (χ1n) is 3.88. The Hall–Kier alpha value is -0.0800. The van der Waals surface area contributed by atoms with Gasteiger partial charge in [-0.25, -0.2) is 0 Å². The molecule has 0 bridgehead atoms.